The lowest BCUT2D eigenvalue weighted by molar-refractivity contribution is -0.118. The molecular weight excluding hydrogens is 441 g/mol. The first kappa shape index (κ1) is 23.2. The van der Waals surface area contributed by atoms with Crippen molar-refractivity contribution >= 4 is 33.4 Å². The second-order valence-corrected chi connectivity index (χ2v) is 7.95. The summed E-state index contributed by atoms with van der Waals surface area (Å²) in [6.07, 6.45) is 0.191. The summed E-state index contributed by atoms with van der Waals surface area (Å²) in [5.41, 5.74) is 4.62. The number of nitrogens with two attached hydrogens (primary N) is 1. The third kappa shape index (κ3) is 4.28. The zero-order valence-electron chi connectivity index (χ0n) is 17.8. The summed E-state index contributed by atoms with van der Waals surface area (Å²) in [7, 11) is 1.45. The number of methoxy groups -OCH3 is 1. The molecule has 32 heavy (non-hydrogen) atoms. The maximum absolute atomic E-state index is 13.7. The van der Waals surface area contributed by atoms with Crippen LogP contribution in [0.5, 0.6) is 5.75 Å². The van der Waals surface area contributed by atoms with Gasteiger partial charge in [-0.2, -0.15) is 0 Å². The third-order valence-corrected chi connectivity index (χ3v) is 6.21. The number of fused-ring (bicyclic) bond motifs is 1. The molecule has 1 aromatic carbocycles. The average molecular weight is 463 g/mol. The van der Waals surface area contributed by atoms with Gasteiger partial charge in [0.2, 0.25) is 5.91 Å². The molecule has 1 amide bonds. The number of amides is 1. The Balaban J connectivity index is 2.21. The van der Waals surface area contributed by atoms with Crippen molar-refractivity contribution in [2.75, 3.05) is 13.7 Å². The van der Waals surface area contributed by atoms with E-state index in [9.17, 15) is 23.6 Å². The number of aromatic nitrogens is 2. The van der Waals surface area contributed by atoms with Crippen molar-refractivity contribution in [3.05, 3.63) is 60.9 Å². The molecule has 0 aliphatic carbocycles. The number of halogens is 1. The highest BCUT2D eigenvalue weighted by atomic mass is 32.1. The number of thiophene rings is 1. The largest absolute Gasteiger partial charge is 0.496 e. The Hall–Kier alpha value is -3.47. The summed E-state index contributed by atoms with van der Waals surface area (Å²) in [6, 6.07) is 4.03. The van der Waals surface area contributed by atoms with E-state index in [0.29, 0.717) is 16.9 Å². The van der Waals surface area contributed by atoms with Crippen LogP contribution in [0, 0.1) is 12.7 Å². The minimum Gasteiger partial charge on any atom is -0.496 e. The Kier molecular flexibility index (Phi) is 6.78. The highest BCUT2D eigenvalue weighted by Crippen LogP contribution is 2.29. The fraction of sp³-hybridized carbons (Fsp3) is 0.333. The molecule has 2 N–H and O–H groups in total. The lowest BCUT2D eigenvalue weighted by Gasteiger charge is -2.13. The van der Waals surface area contributed by atoms with E-state index in [-0.39, 0.29) is 34.7 Å². The van der Waals surface area contributed by atoms with Gasteiger partial charge in [-0.05, 0) is 49.6 Å². The third-order valence-electron chi connectivity index (χ3n) is 4.92. The minimum absolute atomic E-state index is 0.0381. The molecular formula is C21H22FN3O6S. The number of carbonyl (C=O) groups excluding carboxylic acids is 2. The molecule has 0 saturated heterocycles. The van der Waals surface area contributed by atoms with Crippen LogP contribution in [0.1, 0.15) is 27.7 Å². The SMILES string of the molecule is CCOC(=O)c1sc2c(c1C)c(=O)n(CC(N)=O)c(=O)n2CCc1cc(F)ccc1OC. The first-order valence-corrected chi connectivity index (χ1v) is 10.6. The Morgan fingerprint density at radius 1 is 1.22 bits per heavy atom. The van der Waals surface area contributed by atoms with Crippen molar-refractivity contribution in [1.29, 1.82) is 0 Å². The highest BCUT2D eigenvalue weighted by molar-refractivity contribution is 7.20. The monoisotopic (exact) mass is 463 g/mol. The van der Waals surface area contributed by atoms with Crippen LogP contribution in [-0.4, -0.2) is 34.7 Å². The summed E-state index contributed by atoms with van der Waals surface area (Å²) >= 11 is 0.956. The molecule has 3 aromatic rings. The van der Waals surface area contributed by atoms with Crippen molar-refractivity contribution in [3.8, 4) is 5.75 Å². The molecule has 3 rings (SSSR count). The summed E-state index contributed by atoms with van der Waals surface area (Å²) in [5, 5.41) is 0.130. The molecule has 11 heteroatoms. The van der Waals surface area contributed by atoms with Crippen LogP contribution in [0.15, 0.2) is 27.8 Å². The predicted molar refractivity (Wildman–Crippen MR) is 117 cm³/mol. The number of esters is 1. The Morgan fingerprint density at radius 3 is 2.56 bits per heavy atom. The fourth-order valence-corrected chi connectivity index (χ4v) is 4.67. The van der Waals surface area contributed by atoms with Crippen LogP contribution in [0.2, 0.25) is 0 Å². The molecule has 170 valence electrons. The summed E-state index contributed by atoms with van der Waals surface area (Å²) < 4.78 is 26.1. The molecule has 0 bridgehead atoms. The second kappa shape index (κ2) is 9.35. The Labute approximate surface area is 185 Å². The van der Waals surface area contributed by atoms with Crippen LogP contribution >= 0.6 is 11.3 Å². The number of nitrogens with zero attached hydrogens (tertiary/aromatic N) is 2. The molecule has 2 aromatic heterocycles. The van der Waals surface area contributed by atoms with Crippen molar-refractivity contribution in [1.82, 2.24) is 9.13 Å². The number of benzene rings is 1. The summed E-state index contributed by atoms with van der Waals surface area (Å²) in [6.45, 7) is 2.80. The van der Waals surface area contributed by atoms with Crippen molar-refractivity contribution in [2.45, 2.75) is 33.4 Å². The van der Waals surface area contributed by atoms with E-state index in [1.807, 2.05) is 0 Å². The number of aryl methyl sites for hydroxylation is 3. The smallest absolute Gasteiger partial charge is 0.348 e. The standard InChI is InChI=1S/C21H22FN3O6S/c1-4-31-20(28)17-11(2)16-18(27)25(10-15(23)26)21(29)24(19(16)32-17)8-7-12-9-13(22)5-6-14(12)30-3/h5-6,9H,4,7-8,10H2,1-3H3,(H2,23,26). The predicted octanol–water partition coefficient (Wildman–Crippen LogP) is 1.59. The normalized spacial score (nSPS) is 11.0. The second-order valence-electron chi connectivity index (χ2n) is 6.95. The molecule has 0 unspecified atom stereocenters. The lowest BCUT2D eigenvalue weighted by Crippen LogP contribution is -2.42. The first-order valence-electron chi connectivity index (χ1n) is 9.74. The molecule has 0 atom stereocenters. The molecule has 0 aliphatic heterocycles. The molecule has 0 spiro atoms. The summed E-state index contributed by atoms with van der Waals surface area (Å²) in [4.78, 5) is 50.4. The fourth-order valence-electron chi connectivity index (χ4n) is 3.45. The molecule has 9 nitrogen and oxygen atoms in total. The molecule has 0 aliphatic rings. The Bertz CT molecular complexity index is 1320. The van der Waals surface area contributed by atoms with Gasteiger partial charge in [0.1, 0.15) is 27.8 Å². The van der Waals surface area contributed by atoms with Gasteiger partial charge in [0.25, 0.3) is 5.56 Å². The van der Waals surface area contributed by atoms with Crippen LogP contribution in [-0.2, 0) is 29.0 Å². The number of hydrogen-bond donors (Lipinski definition) is 1. The van der Waals surface area contributed by atoms with Gasteiger partial charge < -0.3 is 15.2 Å². The van der Waals surface area contributed by atoms with Crippen LogP contribution in [0.25, 0.3) is 10.2 Å². The van der Waals surface area contributed by atoms with Crippen molar-refractivity contribution in [2.24, 2.45) is 5.73 Å². The van der Waals surface area contributed by atoms with Gasteiger partial charge >= 0.3 is 11.7 Å². The van der Waals surface area contributed by atoms with E-state index in [0.717, 1.165) is 15.9 Å². The number of carbonyl (C=O) groups is 2. The molecule has 0 fully saturated rings. The van der Waals surface area contributed by atoms with Crippen molar-refractivity contribution in [3.63, 3.8) is 0 Å². The van der Waals surface area contributed by atoms with Gasteiger partial charge in [0.05, 0.1) is 19.1 Å². The molecule has 0 radical (unpaired) electrons. The molecule has 0 saturated carbocycles. The van der Waals surface area contributed by atoms with Gasteiger partial charge in [0.15, 0.2) is 0 Å². The van der Waals surface area contributed by atoms with Gasteiger partial charge in [0, 0.05) is 6.54 Å². The van der Waals surface area contributed by atoms with Crippen molar-refractivity contribution < 1.29 is 23.5 Å². The number of rotatable bonds is 8. The summed E-state index contributed by atoms with van der Waals surface area (Å²) in [5.74, 6) is -1.50. The number of ether oxygens (including phenoxy) is 2. The first-order chi connectivity index (χ1) is 15.2. The minimum atomic E-state index is -0.861. The van der Waals surface area contributed by atoms with E-state index in [2.05, 4.69) is 0 Å². The van der Waals surface area contributed by atoms with Crippen LogP contribution in [0.4, 0.5) is 4.39 Å². The van der Waals surface area contributed by atoms with Gasteiger partial charge in [-0.1, -0.05) is 0 Å². The van der Waals surface area contributed by atoms with Crippen LogP contribution in [0.3, 0.4) is 0 Å². The molecule has 2 heterocycles. The van der Waals surface area contributed by atoms with E-state index in [4.69, 9.17) is 15.2 Å². The zero-order valence-corrected chi connectivity index (χ0v) is 18.6. The maximum atomic E-state index is 13.7. The van der Waals surface area contributed by atoms with Crippen LogP contribution < -0.4 is 21.7 Å². The topological polar surface area (TPSA) is 123 Å². The average Bonchev–Trinajstić information content (AvgIpc) is 3.08. The van der Waals surface area contributed by atoms with Gasteiger partial charge in [-0.15, -0.1) is 11.3 Å². The van der Waals surface area contributed by atoms with Gasteiger partial charge in [-0.25, -0.2) is 14.0 Å². The highest BCUT2D eigenvalue weighted by Gasteiger charge is 2.24. The number of primary amides is 1. The quantitative estimate of drug-likeness (QED) is 0.506. The van der Waals surface area contributed by atoms with E-state index >= 15 is 0 Å². The van der Waals surface area contributed by atoms with E-state index in [1.54, 1.807) is 13.8 Å². The van der Waals surface area contributed by atoms with E-state index < -0.39 is 35.5 Å². The zero-order chi connectivity index (χ0) is 23.6. The van der Waals surface area contributed by atoms with E-state index in [1.165, 1.54) is 29.9 Å². The Morgan fingerprint density at radius 2 is 1.94 bits per heavy atom. The lowest BCUT2D eigenvalue weighted by atomic mass is 10.1. The number of hydrogen-bond acceptors (Lipinski definition) is 7. The van der Waals surface area contributed by atoms with Gasteiger partial charge in [-0.3, -0.25) is 18.7 Å². The maximum Gasteiger partial charge on any atom is 0.348 e.